The number of benzene rings is 2. The van der Waals surface area contributed by atoms with Crippen LogP contribution in [0.25, 0.3) is 32.5 Å². The summed E-state index contributed by atoms with van der Waals surface area (Å²) in [5, 5.41) is 14.0. The Labute approximate surface area is 146 Å². The predicted molar refractivity (Wildman–Crippen MR) is 100.0 cm³/mol. The fourth-order valence-corrected chi connectivity index (χ4v) is 4.03. The van der Waals surface area contributed by atoms with E-state index < -0.39 is 0 Å². The van der Waals surface area contributed by atoms with Gasteiger partial charge >= 0.3 is 0 Å². The SMILES string of the molecule is O=c1[nH]c2scc(-c3ccccc3Cl)c2c(O)c1-c1ccccc1. The number of halogens is 1. The van der Waals surface area contributed by atoms with Crippen molar-refractivity contribution >= 4 is 33.2 Å². The van der Waals surface area contributed by atoms with Crippen molar-refractivity contribution in [3.05, 3.63) is 75.4 Å². The standard InChI is InChI=1S/C19H12ClNO2S/c20-14-9-5-4-8-12(14)13-10-24-19-16(13)17(22)15(18(23)21-19)11-6-2-1-3-7-11/h1-10H,(H2,21,22,23). The maximum atomic E-state index is 12.4. The number of aromatic hydroxyl groups is 1. The van der Waals surface area contributed by atoms with Crippen LogP contribution in [-0.4, -0.2) is 10.1 Å². The third-order valence-corrected chi connectivity index (χ3v) is 5.17. The Hall–Kier alpha value is -2.56. The van der Waals surface area contributed by atoms with Crippen molar-refractivity contribution in [3.8, 4) is 28.0 Å². The van der Waals surface area contributed by atoms with Gasteiger partial charge in [-0.25, -0.2) is 0 Å². The zero-order valence-electron chi connectivity index (χ0n) is 12.4. The Bertz CT molecular complexity index is 1100. The summed E-state index contributed by atoms with van der Waals surface area (Å²) in [6.45, 7) is 0. The molecule has 3 nitrogen and oxygen atoms in total. The van der Waals surface area contributed by atoms with Gasteiger partial charge in [0, 0.05) is 21.5 Å². The van der Waals surface area contributed by atoms with Crippen LogP contribution in [0.2, 0.25) is 5.02 Å². The molecule has 118 valence electrons. The second kappa shape index (κ2) is 5.82. The molecule has 0 atom stereocenters. The van der Waals surface area contributed by atoms with Crippen LogP contribution < -0.4 is 5.56 Å². The number of hydrogen-bond donors (Lipinski definition) is 2. The molecule has 0 saturated carbocycles. The first-order valence-electron chi connectivity index (χ1n) is 7.33. The van der Waals surface area contributed by atoms with Crippen molar-refractivity contribution in [2.45, 2.75) is 0 Å². The van der Waals surface area contributed by atoms with Crippen molar-refractivity contribution in [3.63, 3.8) is 0 Å². The number of thiophene rings is 1. The van der Waals surface area contributed by atoms with E-state index in [1.54, 1.807) is 18.2 Å². The third-order valence-electron chi connectivity index (χ3n) is 3.95. The van der Waals surface area contributed by atoms with Gasteiger partial charge < -0.3 is 10.1 Å². The van der Waals surface area contributed by atoms with E-state index in [2.05, 4.69) is 4.98 Å². The number of rotatable bonds is 2. The molecule has 24 heavy (non-hydrogen) atoms. The molecular formula is C19H12ClNO2S. The van der Waals surface area contributed by atoms with Gasteiger partial charge in [0.05, 0.1) is 10.9 Å². The minimum atomic E-state index is -0.307. The Morgan fingerprint density at radius 3 is 2.42 bits per heavy atom. The summed E-state index contributed by atoms with van der Waals surface area (Å²) in [5.74, 6) is -0.0175. The molecule has 0 radical (unpaired) electrons. The lowest BCUT2D eigenvalue weighted by atomic mass is 10.0. The van der Waals surface area contributed by atoms with Crippen LogP contribution in [-0.2, 0) is 0 Å². The highest BCUT2D eigenvalue weighted by Crippen LogP contribution is 2.43. The lowest BCUT2D eigenvalue weighted by molar-refractivity contribution is 0.483. The normalized spacial score (nSPS) is 11.0. The molecule has 0 unspecified atom stereocenters. The zero-order chi connectivity index (χ0) is 16.7. The van der Waals surface area contributed by atoms with Gasteiger partial charge in [0.15, 0.2) is 0 Å². The maximum Gasteiger partial charge on any atom is 0.260 e. The van der Waals surface area contributed by atoms with E-state index in [0.717, 1.165) is 11.1 Å². The molecule has 2 aromatic heterocycles. The molecular weight excluding hydrogens is 342 g/mol. The average molecular weight is 354 g/mol. The molecule has 2 N–H and O–H groups in total. The second-order valence-corrected chi connectivity index (χ2v) is 6.66. The van der Waals surface area contributed by atoms with Gasteiger partial charge in [-0.3, -0.25) is 4.79 Å². The van der Waals surface area contributed by atoms with Gasteiger partial charge in [0.2, 0.25) is 0 Å². The summed E-state index contributed by atoms with van der Waals surface area (Å²) < 4.78 is 0. The van der Waals surface area contributed by atoms with Gasteiger partial charge in [0.25, 0.3) is 5.56 Å². The van der Waals surface area contributed by atoms with Crippen molar-refractivity contribution < 1.29 is 5.11 Å². The molecule has 0 aliphatic rings. The first kappa shape index (κ1) is 15.0. The minimum Gasteiger partial charge on any atom is -0.506 e. The van der Waals surface area contributed by atoms with Gasteiger partial charge in [-0.05, 0) is 11.6 Å². The molecule has 0 fully saturated rings. The van der Waals surface area contributed by atoms with E-state index in [1.165, 1.54) is 11.3 Å². The number of hydrogen-bond acceptors (Lipinski definition) is 3. The molecule has 0 spiro atoms. The monoisotopic (exact) mass is 353 g/mol. The van der Waals surface area contributed by atoms with Crippen LogP contribution in [0.15, 0.2) is 64.8 Å². The molecule has 0 aliphatic carbocycles. The molecule has 5 heteroatoms. The number of fused-ring (bicyclic) bond motifs is 1. The predicted octanol–water partition coefficient (Wildman–Crippen LogP) is 5.28. The van der Waals surface area contributed by atoms with Crippen LogP contribution in [0.5, 0.6) is 5.75 Å². The van der Waals surface area contributed by atoms with E-state index in [9.17, 15) is 9.90 Å². The summed E-state index contributed by atoms with van der Waals surface area (Å²) in [4.78, 5) is 15.9. The minimum absolute atomic E-state index is 0.0175. The molecule has 0 aliphatic heterocycles. The third kappa shape index (κ3) is 2.31. The van der Waals surface area contributed by atoms with Crippen LogP contribution in [0.4, 0.5) is 0 Å². The Morgan fingerprint density at radius 1 is 0.958 bits per heavy atom. The summed E-state index contributed by atoms with van der Waals surface area (Å²) in [7, 11) is 0. The first-order valence-corrected chi connectivity index (χ1v) is 8.59. The quantitative estimate of drug-likeness (QED) is 0.515. The fourth-order valence-electron chi connectivity index (χ4n) is 2.83. The van der Waals surface area contributed by atoms with Crippen LogP contribution in [0.3, 0.4) is 0 Å². The van der Waals surface area contributed by atoms with Crippen LogP contribution >= 0.6 is 22.9 Å². The summed E-state index contributed by atoms with van der Waals surface area (Å²) >= 11 is 7.68. The van der Waals surface area contributed by atoms with E-state index in [1.807, 2.05) is 41.8 Å². The van der Waals surface area contributed by atoms with E-state index in [4.69, 9.17) is 11.6 Å². The highest BCUT2D eigenvalue weighted by molar-refractivity contribution is 7.17. The lowest BCUT2D eigenvalue weighted by Gasteiger charge is -2.08. The Balaban J connectivity index is 2.07. The summed E-state index contributed by atoms with van der Waals surface area (Å²) in [6, 6.07) is 16.6. The zero-order valence-corrected chi connectivity index (χ0v) is 14.0. The molecule has 2 heterocycles. The number of H-pyrrole nitrogens is 1. The summed E-state index contributed by atoms with van der Waals surface area (Å²) in [6.07, 6.45) is 0. The fraction of sp³-hybridized carbons (Fsp3) is 0. The van der Waals surface area contributed by atoms with E-state index in [0.29, 0.717) is 20.8 Å². The van der Waals surface area contributed by atoms with Crippen molar-refractivity contribution in [1.29, 1.82) is 0 Å². The van der Waals surface area contributed by atoms with Gasteiger partial charge in [-0.2, -0.15) is 0 Å². The molecule has 4 aromatic rings. The highest BCUT2D eigenvalue weighted by atomic mass is 35.5. The topological polar surface area (TPSA) is 53.1 Å². The summed E-state index contributed by atoms with van der Waals surface area (Å²) in [5.41, 5.74) is 2.28. The number of aromatic nitrogens is 1. The molecule has 0 amide bonds. The lowest BCUT2D eigenvalue weighted by Crippen LogP contribution is -2.08. The van der Waals surface area contributed by atoms with Crippen LogP contribution in [0, 0.1) is 0 Å². The molecule has 2 aromatic carbocycles. The number of aromatic amines is 1. The Morgan fingerprint density at radius 2 is 1.67 bits per heavy atom. The van der Waals surface area contributed by atoms with E-state index >= 15 is 0 Å². The molecule has 0 saturated heterocycles. The van der Waals surface area contributed by atoms with Gasteiger partial charge in [0.1, 0.15) is 10.6 Å². The van der Waals surface area contributed by atoms with Gasteiger partial charge in [-0.1, -0.05) is 60.1 Å². The van der Waals surface area contributed by atoms with E-state index in [-0.39, 0.29) is 16.9 Å². The first-order chi connectivity index (χ1) is 11.7. The smallest absolute Gasteiger partial charge is 0.260 e. The maximum absolute atomic E-state index is 12.4. The van der Waals surface area contributed by atoms with Gasteiger partial charge in [-0.15, -0.1) is 11.3 Å². The van der Waals surface area contributed by atoms with Crippen molar-refractivity contribution in [2.75, 3.05) is 0 Å². The number of pyridine rings is 1. The number of nitrogens with one attached hydrogen (secondary N) is 1. The average Bonchev–Trinajstić information content (AvgIpc) is 3.00. The van der Waals surface area contributed by atoms with Crippen LogP contribution in [0.1, 0.15) is 0 Å². The second-order valence-electron chi connectivity index (χ2n) is 5.38. The molecule has 0 bridgehead atoms. The van der Waals surface area contributed by atoms with Crippen molar-refractivity contribution in [2.24, 2.45) is 0 Å². The van der Waals surface area contributed by atoms with Crippen molar-refractivity contribution in [1.82, 2.24) is 4.98 Å². The Kier molecular flexibility index (Phi) is 3.63. The highest BCUT2D eigenvalue weighted by Gasteiger charge is 2.19. The molecule has 4 rings (SSSR count). The largest absolute Gasteiger partial charge is 0.506 e.